The van der Waals surface area contributed by atoms with E-state index in [0.29, 0.717) is 16.7 Å². The average Bonchev–Trinajstić information content (AvgIpc) is 2.91. The molecule has 1 amide bonds. The van der Waals surface area contributed by atoms with E-state index in [2.05, 4.69) is 15.9 Å². The quantitative estimate of drug-likeness (QED) is 0.904. The molecule has 2 heterocycles. The molecule has 1 aromatic carbocycles. The summed E-state index contributed by atoms with van der Waals surface area (Å²) in [4.78, 5) is 25.5. The van der Waals surface area contributed by atoms with Crippen molar-refractivity contribution >= 4 is 27.8 Å². The second kappa shape index (κ2) is 5.37. The molecule has 0 radical (unpaired) electrons. The number of rotatable bonds is 2. The summed E-state index contributed by atoms with van der Waals surface area (Å²) < 4.78 is 5.38. The summed E-state index contributed by atoms with van der Waals surface area (Å²) in [6.45, 7) is 0.281. The molecule has 0 saturated carbocycles. The Hall–Kier alpha value is -2.08. The van der Waals surface area contributed by atoms with Gasteiger partial charge in [-0.2, -0.15) is 0 Å². The van der Waals surface area contributed by atoms with Crippen molar-refractivity contribution in [2.75, 3.05) is 0 Å². The summed E-state index contributed by atoms with van der Waals surface area (Å²) in [6.07, 6.45) is 1.71. The SMILES string of the molecule is O=C(O)C1Cc2ccccc2CN1C(=O)c1ccoc1Br. The van der Waals surface area contributed by atoms with E-state index in [0.717, 1.165) is 11.1 Å². The Kier molecular flexibility index (Phi) is 3.55. The molecule has 0 aliphatic carbocycles. The number of hydrogen-bond acceptors (Lipinski definition) is 3. The van der Waals surface area contributed by atoms with Crippen LogP contribution in [0.5, 0.6) is 0 Å². The number of carboxylic acids is 1. The third-order valence-corrected chi connectivity index (χ3v) is 4.26. The van der Waals surface area contributed by atoms with Crippen LogP contribution in [0.15, 0.2) is 45.7 Å². The lowest BCUT2D eigenvalue weighted by Gasteiger charge is -2.34. The van der Waals surface area contributed by atoms with E-state index in [1.54, 1.807) is 0 Å². The van der Waals surface area contributed by atoms with Gasteiger partial charge in [0.1, 0.15) is 6.04 Å². The molecule has 1 atom stereocenters. The third-order valence-electron chi connectivity index (χ3n) is 3.64. The predicted octanol–water partition coefficient (Wildman–Crippen LogP) is 2.69. The zero-order valence-electron chi connectivity index (χ0n) is 11.0. The van der Waals surface area contributed by atoms with E-state index in [-0.39, 0.29) is 12.5 Å². The first-order chi connectivity index (χ1) is 10.1. The highest BCUT2D eigenvalue weighted by atomic mass is 79.9. The van der Waals surface area contributed by atoms with Gasteiger partial charge in [0, 0.05) is 13.0 Å². The second-order valence-electron chi connectivity index (χ2n) is 4.87. The fourth-order valence-corrected chi connectivity index (χ4v) is 2.97. The minimum atomic E-state index is -1.00. The van der Waals surface area contributed by atoms with Crippen molar-refractivity contribution in [2.45, 2.75) is 19.0 Å². The zero-order valence-corrected chi connectivity index (χ0v) is 12.5. The van der Waals surface area contributed by atoms with Gasteiger partial charge in [-0.1, -0.05) is 24.3 Å². The van der Waals surface area contributed by atoms with E-state index in [9.17, 15) is 14.7 Å². The van der Waals surface area contributed by atoms with Crippen molar-refractivity contribution in [3.63, 3.8) is 0 Å². The van der Waals surface area contributed by atoms with Gasteiger partial charge in [-0.05, 0) is 33.1 Å². The van der Waals surface area contributed by atoms with E-state index in [4.69, 9.17) is 4.42 Å². The number of carboxylic acid groups (broad SMARTS) is 1. The molecule has 0 fully saturated rings. The number of halogens is 1. The largest absolute Gasteiger partial charge is 0.480 e. The van der Waals surface area contributed by atoms with Gasteiger partial charge in [0.2, 0.25) is 0 Å². The number of carbonyl (C=O) groups excluding carboxylic acids is 1. The van der Waals surface area contributed by atoms with Crippen LogP contribution in [0, 0.1) is 0 Å². The zero-order chi connectivity index (χ0) is 15.0. The Morgan fingerprint density at radius 3 is 2.57 bits per heavy atom. The van der Waals surface area contributed by atoms with Crippen molar-refractivity contribution in [1.29, 1.82) is 0 Å². The summed E-state index contributed by atoms with van der Waals surface area (Å²) >= 11 is 3.16. The second-order valence-corrected chi connectivity index (χ2v) is 5.59. The first kappa shape index (κ1) is 13.9. The van der Waals surface area contributed by atoms with Gasteiger partial charge in [0.05, 0.1) is 11.8 Å². The lowest BCUT2D eigenvalue weighted by molar-refractivity contribution is -0.142. The van der Waals surface area contributed by atoms with E-state index in [1.165, 1.54) is 17.2 Å². The van der Waals surface area contributed by atoms with Crippen LogP contribution in [0.25, 0.3) is 0 Å². The van der Waals surface area contributed by atoms with E-state index < -0.39 is 12.0 Å². The highest BCUT2D eigenvalue weighted by Crippen LogP contribution is 2.27. The van der Waals surface area contributed by atoms with Crippen LogP contribution < -0.4 is 0 Å². The first-order valence-electron chi connectivity index (χ1n) is 6.41. The molecule has 21 heavy (non-hydrogen) atoms. The number of hydrogen-bond donors (Lipinski definition) is 1. The molecular formula is C15H12BrNO4. The van der Waals surface area contributed by atoms with Gasteiger partial charge in [-0.25, -0.2) is 4.79 Å². The monoisotopic (exact) mass is 349 g/mol. The van der Waals surface area contributed by atoms with E-state index in [1.807, 2.05) is 24.3 Å². The van der Waals surface area contributed by atoms with Crippen LogP contribution in [0.1, 0.15) is 21.5 Å². The molecular weight excluding hydrogens is 338 g/mol. The molecule has 1 aliphatic rings. The predicted molar refractivity (Wildman–Crippen MR) is 77.9 cm³/mol. The molecule has 6 heteroatoms. The standard InChI is InChI=1S/C15H12BrNO4/c16-13-11(5-6-21-13)14(18)17-8-10-4-2-1-3-9(10)7-12(17)15(19)20/h1-6,12H,7-8H2,(H,19,20). The molecule has 2 aromatic rings. The molecule has 1 aromatic heterocycles. The number of benzene rings is 1. The lowest BCUT2D eigenvalue weighted by atomic mass is 9.93. The Morgan fingerprint density at radius 1 is 1.24 bits per heavy atom. The molecule has 0 spiro atoms. The Bertz CT molecular complexity index is 709. The summed E-state index contributed by atoms with van der Waals surface area (Å²) in [7, 11) is 0. The number of nitrogens with zero attached hydrogens (tertiary/aromatic N) is 1. The minimum absolute atomic E-state index is 0.281. The van der Waals surface area contributed by atoms with Gasteiger partial charge < -0.3 is 14.4 Å². The normalized spacial score (nSPS) is 17.4. The van der Waals surface area contributed by atoms with Crippen LogP contribution >= 0.6 is 15.9 Å². The summed E-state index contributed by atoms with van der Waals surface area (Å²) in [5, 5.41) is 9.42. The van der Waals surface area contributed by atoms with Gasteiger partial charge in [0.25, 0.3) is 5.91 Å². The smallest absolute Gasteiger partial charge is 0.326 e. The molecule has 0 saturated heterocycles. The third kappa shape index (κ3) is 2.47. The Labute approximate surface area is 129 Å². The van der Waals surface area contributed by atoms with Gasteiger partial charge in [0.15, 0.2) is 4.67 Å². The highest BCUT2D eigenvalue weighted by Gasteiger charge is 2.35. The Morgan fingerprint density at radius 2 is 1.95 bits per heavy atom. The number of aliphatic carboxylic acids is 1. The first-order valence-corrected chi connectivity index (χ1v) is 7.21. The number of furan rings is 1. The average molecular weight is 350 g/mol. The molecule has 3 rings (SSSR count). The summed E-state index contributed by atoms with van der Waals surface area (Å²) in [5.74, 6) is -1.35. The van der Waals surface area contributed by atoms with Crippen molar-refractivity contribution in [2.24, 2.45) is 0 Å². The van der Waals surface area contributed by atoms with Crippen LogP contribution in [0.3, 0.4) is 0 Å². The fraction of sp³-hybridized carbons (Fsp3) is 0.200. The van der Waals surface area contributed by atoms with Crippen LogP contribution in [-0.2, 0) is 17.8 Å². The molecule has 1 unspecified atom stereocenters. The van der Waals surface area contributed by atoms with Gasteiger partial charge in [-0.3, -0.25) is 4.79 Å². The van der Waals surface area contributed by atoms with Gasteiger partial charge in [-0.15, -0.1) is 0 Å². The topological polar surface area (TPSA) is 70.8 Å². The van der Waals surface area contributed by atoms with Crippen molar-refractivity contribution < 1.29 is 19.1 Å². The van der Waals surface area contributed by atoms with Gasteiger partial charge >= 0.3 is 5.97 Å². The molecule has 1 aliphatic heterocycles. The molecule has 0 bridgehead atoms. The summed E-state index contributed by atoms with van der Waals surface area (Å²) in [6, 6.07) is 8.25. The van der Waals surface area contributed by atoms with Crippen molar-refractivity contribution in [1.82, 2.24) is 4.90 Å². The summed E-state index contributed by atoms with van der Waals surface area (Å²) in [5.41, 5.74) is 2.28. The number of amides is 1. The molecule has 1 N–H and O–H groups in total. The Balaban J connectivity index is 1.98. The van der Waals surface area contributed by atoms with Crippen LogP contribution in [0.4, 0.5) is 0 Å². The number of carbonyl (C=O) groups is 2. The number of fused-ring (bicyclic) bond motifs is 1. The fourth-order valence-electron chi connectivity index (χ4n) is 2.56. The van der Waals surface area contributed by atoms with Crippen LogP contribution in [0.2, 0.25) is 0 Å². The lowest BCUT2D eigenvalue weighted by Crippen LogP contribution is -2.48. The minimum Gasteiger partial charge on any atom is -0.480 e. The van der Waals surface area contributed by atoms with Crippen molar-refractivity contribution in [3.05, 3.63) is 58.0 Å². The molecule has 108 valence electrons. The van der Waals surface area contributed by atoms with E-state index >= 15 is 0 Å². The maximum absolute atomic E-state index is 12.6. The molecule has 5 nitrogen and oxygen atoms in total. The maximum atomic E-state index is 12.6. The van der Waals surface area contributed by atoms with Crippen molar-refractivity contribution in [3.8, 4) is 0 Å². The maximum Gasteiger partial charge on any atom is 0.326 e. The highest BCUT2D eigenvalue weighted by molar-refractivity contribution is 9.10. The van der Waals surface area contributed by atoms with Crippen LogP contribution in [-0.4, -0.2) is 27.9 Å².